The van der Waals surface area contributed by atoms with Gasteiger partial charge in [0.25, 0.3) is 0 Å². The van der Waals surface area contributed by atoms with Gasteiger partial charge in [0.05, 0.1) is 4.92 Å². The van der Waals surface area contributed by atoms with Crippen molar-refractivity contribution in [2.24, 2.45) is 0 Å². The first-order chi connectivity index (χ1) is 10.8. The van der Waals surface area contributed by atoms with Crippen molar-refractivity contribution in [2.75, 3.05) is 11.9 Å². The fourth-order valence-corrected chi connectivity index (χ4v) is 1.87. The summed E-state index contributed by atoms with van der Waals surface area (Å²) in [6, 6.07) is -0.976. The van der Waals surface area contributed by atoms with E-state index in [-0.39, 0.29) is 0 Å². The van der Waals surface area contributed by atoms with Crippen LogP contribution in [0, 0.1) is 10.1 Å². The molecule has 0 bridgehead atoms. The zero-order valence-electron chi connectivity index (χ0n) is 13.7. The Kier molecular flexibility index (Phi) is 5.67. The molecule has 0 fully saturated rings. The van der Waals surface area contributed by atoms with Gasteiger partial charge in [-0.2, -0.15) is 4.98 Å². The fourth-order valence-electron chi connectivity index (χ4n) is 1.71. The lowest BCUT2D eigenvalue weighted by Crippen LogP contribution is -2.41. The Labute approximate surface area is 142 Å². The Bertz CT molecular complexity index is 688. The minimum Gasteiger partial charge on any atom is -0.476 e. The largest absolute Gasteiger partial charge is 0.476 e. The zero-order valence-corrected chi connectivity index (χ0v) is 14.5. The Morgan fingerprint density at radius 2 is 1.92 bits per heavy atom. The molecule has 0 spiro atoms. The van der Waals surface area contributed by atoms with Crippen LogP contribution in [0.5, 0.6) is 0 Å². The molecule has 0 saturated carbocycles. The van der Waals surface area contributed by atoms with E-state index in [4.69, 9.17) is 21.4 Å². The molecule has 0 aromatic carbocycles. The van der Waals surface area contributed by atoms with E-state index in [1.165, 1.54) is 14.0 Å². The van der Waals surface area contributed by atoms with Gasteiger partial charge in [-0.05, 0) is 39.3 Å². The molecule has 10 nitrogen and oxygen atoms in total. The topological polar surface area (TPSA) is 136 Å². The lowest BCUT2D eigenvalue weighted by Gasteiger charge is -2.28. The molecular formula is C13H17ClN4O6. The van der Waals surface area contributed by atoms with Crippen LogP contribution in [-0.2, 0) is 9.53 Å². The van der Waals surface area contributed by atoms with Crippen LogP contribution in [-0.4, -0.2) is 50.6 Å². The molecule has 11 heteroatoms. The van der Waals surface area contributed by atoms with E-state index >= 15 is 0 Å². The molecule has 1 aromatic heterocycles. The summed E-state index contributed by atoms with van der Waals surface area (Å²) in [5.74, 6) is -2.69. The van der Waals surface area contributed by atoms with Crippen molar-refractivity contribution >= 4 is 35.0 Å². The normalized spacial score (nSPS) is 12.4. The number of aromatic carboxylic acids is 1. The van der Waals surface area contributed by atoms with Crippen molar-refractivity contribution in [3.05, 3.63) is 21.1 Å². The average molecular weight is 361 g/mol. The summed E-state index contributed by atoms with van der Waals surface area (Å²) in [5, 5.41) is 19.9. The highest BCUT2D eigenvalue weighted by molar-refractivity contribution is 6.28. The highest BCUT2D eigenvalue weighted by Crippen LogP contribution is 2.31. The van der Waals surface area contributed by atoms with Gasteiger partial charge in [0, 0.05) is 7.05 Å². The summed E-state index contributed by atoms with van der Waals surface area (Å²) in [6.45, 7) is 6.45. The highest BCUT2D eigenvalue weighted by atomic mass is 35.5. The lowest BCUT2D eigenvalue weighted by molar-refractivity contribution is -0.384. The number of ether oxygens (including phenoxy) is 1. The van der Waals surface area contributed by atoms with Gasteiger partial charge in [0.15, 0.2) is 0 Å². The highest BCUT2D eigenvalue weighted by Gasteiger charge is 2.35. The number of likely N-dealkylation sites (N-methyl/N-ethyl adjacent to an activating group) is 1. The van der Waals surface area contributed by atoms with Crippen LogP contribution in [0.3, 0.4) is 0 Å². The number of hydrogen-bond acceptors (Lipinski definition) is 8. The third kappa shape index (κ3) is 4.51. The van der Waals surface area contributed by atoms with E-state index in [1.54, 1.807) is 20.8 Å². The quantitative estimate of drug-likeness (QED) is 0.361. The van der Waals surface area contributed by atoms with Crippen molar-refractivity contribution in [2.45, 2.75) is 39.3 Å². The number of nitro groups is 1. The molecule has 0 saturated heterocycles. The minimum atomic E-state index is -1.63. The number of esters is 1. The number of nitrogens with zero attached hydrogens (tertiary/aromatic N) is 4. The second-order valence-electron chi connectivity index (χ2n) is 5.90. The maximum absolute atomic E-state index is 12.1. The summed E-state index contributed by atoms with van der Waals surface area (Å²) in [6.07, 6.45) is 0. The predicted molar refractivity (Wildman–Crippen MR) is 84.4 cm³/mol. The van der Waals surface area contributed by atoms with Gasteiger partial charge < -0.3 is 14.7 Å². The van der Waals surface area contributed by atoms with Gasteiger partial charge in [-0.25, -0.2) is 14.6 Å². The number of carbonyl (C=O) groups excluding carboxylic acids is 1. The van der Waals surface area contributed by atoms with Crippen molar-refractivity contribution in [3.63, 3.8) is 0 Å². The number of aromatic nitrogens is 2. The van der Waals surface area contributed by atoms with Gasteiger partial charge in [-0.3, -0.25) is 10.1 Å². The monoisotopic (exact) mass is 360 g/mol. The molecule has 1 rings (SSSR count). The SMILES string of the molecule is CC(C(=O)OC(C)(C)C)N(C)c1nc(Cl)nc(C(=O)O)c1[N+](=O)[O-]. The first-order valence-electron chi connectivity index (χ1n) is 6.76. The van der Waals surface area contributed by atoms with E-state index in [1.807, 2.05) is 0 Å². The van der Waals surface area contributed by atoms with Crippen LogP contribution >= 0.6 is 11.6 Å². The van der Waals surface area contributed by atoms with Gasteiger partial charge in [-0.1, -0.05) is 0 Å². The molecule has 24 heavy (non-hydrogen) atoms. The van der Waals surface area contributed by atoms with E-state index < -0.39 is 51.0 Å². The molecule has 132 valence electrons. The minimum absolute atomic E-state index is 0.393. The standard InChI is InChI=1S/C13H17ClN4O6/c1-6(11(21)24-13(2,3)4)17(5)9-8(18(22)23)7(10(19)20)15-12(14)16-9/h6H,1-5H3,(H,19,20). The Balaban J connectivity index is 3.37. The molecule has 1 heterocycles. The maximum atomic E-state index is 12.1. The molecule has 0 radical (unpaired) electrons. The summed E-state index contributed by atoms with van der Waals surface area (Å²) < 4.78 is 5.21. The third-order valence-electron chi connectivity index (χ3n) is 2.89. The summed E-state index contributed by atoms with van der Waals surface area (Å²) >= 11 is 5.65. The van der Waals surface area contributed by atoms with E-state index in [9.17, 15) is 19.7 Å². The molecule has 0 aliphatic rings. The zero-order chi connectivity index (χ0) is 18.8. The van der Waals surface area contributed by atoms with Crippen LogP contribution < -0.4 is 4.90 Å². The fraction of sp³-hybridized carbons (Fsp3) is 0.538. The Hall–Kier alpha value is -2.49. The van der Waals surface area contributed by atoms with Crippen LogP contribution in [0.15, 0.2) is 0 Å². The number of hydrogen-bond donors (Lipinski definition) is 1. The van der Waals surface area contributed by atoms with Gasteiger partial charge in [0.1, 0.15) is 11.6 Å². The van der Waals surface area contributed by atoms with E-state index in [0.29, 0.717) is 0 Å². The van der Waals surface area contributed by atoms with Crippen LogP contribution in [0.1, 0.15) is 38.2 Å². The number of halogens is 1. The third-order valence-corrected chi connectivity index (χ3v) is 3.06. The number of rotatable bonds is 5. The molecule has 1 N–H and O–H groups in total. The molecule has 1 aromatic rings. The molecule has 1 unspecified atom stereocenters. The van der Waals surface area contributed by atoms with Crippen LogP contribution in [0.2, 0.25) is 5.28 Å². The van der Waals surface area contributed by atoms with E-state index in [0.717, 1.165) is 4.90 Å². The average Bonchev–Trinajstić information content (AvgIpc) is 2.42. The van der Waals surface area contributed by atoms with Crippen molar-refractivity contribution in [1.82, 2.24) is 9.97 Å². The van der Waals surface area contributed by atoms with Crippen LogP contribution in [0.25, 0.3) is 0 Å². The van der Waals surface area contributed by atoms with Gasteiger partial charge in [-0.15, -0.1) is 0 Å². The first-order valence-corrected chi connectivity index (χ1v) is 7.14. The summed E-state index contributed by atoms with van der Waals surface area (Å²) in [5.41, 5.74) is -2.48. The van der Waals surface area contributed by atoms with Crippen molar-refractivity contribution in [1.29, 1.82) is 0 Å². The molecular weight excluding hydrogens is 344 g/mol. The van der Waals surface area contributed by atoms with Gasteiger partial charge >= 0.3 is 17.6 Å². The first kappa shape index (κ1) is 19.6. The second kappa shape index (κ2) is 6.95. The molecule has 0 aliphatic carbocycles. The molecule has 1 atom stereocenters. The number of carboxylic acids is 1. The predicted octanol–water partition coefficient (Wildman–Crippen LogP) is 1.90. The second-order valence-corrected chi connectivity index (χ2v) is 6.23. The Morgan fingerprint density at radius 3 is 2.33 bits per heavy atom. The summed E-state index contributed by atoms with van der Waals surface area (Å²) in [7, 11) is 1.34. The maximum Gasteiger partial charge on any atom is 0.362 e. The van der Waals surface area contributed by atoms with Crippen LogP contribution in [0.4, 0.5) is 11.5 Å². The smallest absolute Gasteiger partial charge is 0.362 e. The number of carboxylic acid groups (broad SMARTS) is 1. The molecule has 0 amide bonds. The van der Waals surface area contributed by atoms with Crippen molar-refractivity contribution in [3.8, 4) is 0 Å². The van der Waals surface area contributed by atoms with E-state index in [2.05, 4.69) is 9.97 Å². The number of anilines is 1. The van der Waals surface area contributed by atoms with Crippen molar-refractivity contribution < 1.29 is 24.4 Å². The Morgan fingerprint density at radius 1 is 1.38 bits per heavy atom. The lowest BCUT2D eigenvalue weighted by atomic mass is 10.2. The number of carbonyl (C=O) groups is 2. The molecule has 0 aliphatic heterocycles. The van der Waals surface area contributed by atoms with Gasteiger partial charge in [0.2, 0.25) is 16.8 Å². The summed E-state index contributed by atoms with van der Waals surface area (Å²) in [4.78, 5) is 41.8.